The molecule has 3 aromatic carbocycles. The minimum Gasteiger partial charge on any atom is -0.493 e. The first-order valence-electron chi connectivity index (χ1n) is 9.68. The van der Waals surface area contributed by atoms with Crippen molar-refractivity contribution in [3.05, 3.63) is 93.3 Å². The highest BCUT2D eigenvalue weighted by Crippen LogP contribution is 2.29. The fraction of sp³-hybridized carbons (Fsp3) is 0.0417. The van der Waals surface area contributed by atoms with Gasteiger partial charge in [0.1, 0.15) is 0 Å². The molecule has 0 saturated carbocycles. The lowest BCUT2D eigenvalue weighted by Gasteiger charge is -2.10. The lowest BCUT2D eigenvalue weighted by molar-refractivity contribution is 0.0729. The number of rotatable bonds is 7. The molecule has 0 aliphatic heterocycles. The first-order valence-corrected chi connectivity index (χ1v) is 11.3. The summed E-state index contributed by atoms with van der Waals surface area (Å²) in [6, 6.07) is 19.1. The second kappa shape index (κ2) is 10.5. The molecule has 1 heterocycles. The maximum atomic E-state index is 12.4. The van der Waals surface area contributed by atoms with Crippen LogP contribution in [0.5, 0.6) is 11.5 Å². The normalized spacial score (nSPS) is 10.9. The lowest BCUT2D eigenvalue weighted by Crippen LogP contribution is -2.09. The summed E-state index contributed by atoms with van der Waals surface area (Å²) >= 11 is 13.2. The molecule has 4 rings (SSSR count). The third-order valence-corrected chi connectivity index (χ3v) is 5.74. The first-order chi connectivity index (χ1) is 16.0. The molecule has 0 unspecified atom stereocenters. The monoisotopic (exact) mass is 497 g/mol. The van der Waals surface area contributed by atoms with Crippen molar-refractivity contribution < 1.29 is 14.3 Å². The molecule has 0 aliphatic rings. The highest BCUT2D eigenvalue weighted by Gasteiger charge is 2.13. The minimum atomic E-state index is -0.506. The van der Waals surface area contributed by atoms with Crippen molar-refractivity contribution in [2.24, 2.45) is 5.10 Å². The van der Waals surface area contributed by atoms with Gasteiger partial charge in [-0.05, 0) is 60.2 Å². The molecule has 9 heteroatoms. The number of hydrazone groups is 1. The van der Waals surface area contributed by atoms with Gasteiger partial charge in [0, 0.05) is 21.0 Å². The average Bonchev–Trinajstić information content (AvgIpc) is 3.29. The topological polar surface area (TPSA) is 72.8 Å². The van der Waals surface area contributed by atoms with Crippen LogP contribution in [0.15, 0.2) is 77.2 Å². The first kappa shape index (κ1) is 22.8. The van der Waals surface area contributed by atoms with Crippen LogP contribution in [-0.4, -0.2) is 24.3 Å². The SMILES string of the molecule is COc1cc(/C=N\Nc2nc(-c3ccc(Cl)cc3)cs2)ccc1OC(=O)c1ccc(Cl)cc1. The number of esters is 1. The van der Waals surface area contributed by atoms with E-state index in [-0.39, 0.29) is 0 Å². The predicted octanol–water partition coefficient (Wildman–Crippen LogP) is 6.79. The van der Waals surface area contributed by atoms with Gasteiger partial charge in [0.2, 0.25) is 5.13 Å². The van der Waals surface area contributed by atoms with Gasteiger partial charge in [0.05, 0.1) is 24.6 Å². The standard InChI is InChI=1S/C24H17Cl2N3O3S/c1-31-22-12-15(2-11-21(22)32-23(30)17-5-9-19(26)10-6-17)13-27-29-24-28-20(14-33-24)16-3-7-18(25)8-4-16/h2-14H,1H3,(H,28,29)/b27-13-. The number of benzene rings is 3. The molecule has 0 fully saturated rings. The molecule has 166 valence electrons. The van der Waals surface area contributed by atoms with Crippen molar-refractivity contribution in [3.8, 4) is 22.8 Å². The van der Waals surface area contributed by atoms with Gasteiger partial charge in [0.25, 0.3) is 0 Å². The van der Waals surface area contributed by atoms with E-state index in [1.807, 2.05) is 29.6 Å². The van der Waals surface area contributed by atoms with Crippen molar-refractivity contribution >= 4 is 51.9 Å². The summed E-state index contributed by atoms with van der Waals surface area (Å²) in [6.07, 6.45) is 1.62. The van der Waals surface area contributed by atoms with Crippen molar-refractivity contribution in [3.63, 3.8) is 0 Å². The molecule has 0 amide bonds. The van der Waals surface area contributed by atoms with Gasteiger partial charge in [-0.15, -0.1) is 11.3 Å². The number of carbonyl (C=O) groups excluding carboxylic acids is 1. The molecule has 1 aromatic heterocycles. The number of aromatic nitrogens is 1. The zero-order chi connectivity index (χ0) is 23.2. The van der Waals surface area contributed by atoms with Crippen molar-refractivity contribution in [1.82, 2.24) is 4.98 Å². The molecule has 0 atom stereocenters. The maximum Gasteiger partial charge on any atom is 0.343 e. The fourth-order valence-corrected chi connectivity index (χ4v) is 3.75. The number of nitrogens with one attached hydrogen (secondary N) is 1. The summed E-state index contributed by atoms with van der Waals surface area (Å²) in [5, 5.41) is 8.04. The number of methoxy groups -OCH3 is 1. The van der Waals surface area contributed by atoms with Crippen LogP contribution >= 0.6 is 34.5 Å². The largest absolute Gasteiger partial charge is 0.493 e. The zero-order valence-corrected chi connectivity index (χ0v) is 19.6. The predicted molar refractivity (Wildman–Crippen MR) is 133 cm³/mol. The smallest absolute Gasteiger partial charge is 0.343 e. The Morgan fingerprint density at radius 2 is 1.70 bits per heavy atom. The van der Waals surface area contributed by atoms with Crippen LogP contribution in [0.3, 0.4) is 0 Å². The van der Waals surface area contributed by atoms with Gasteiger partial charge < -0.3 is 9.47 Å². The summed E-state index contributed by atoms with van der Waals surface area (Å²) in [7, 11) is 1.50. The molecule has 0 spiro atoms. The van der Waals surface area contributed by atoms with E-state index >= 15 is 0 Å². The van der Waals surface area contributed by atoms with Gasteiger partial charge in [-0.25, -0.2) is 9.78 Å². The Hall–Kier alpha value is -3.39. The Labute approximate surface area is 204 Å². The van der Waals surface area contributed by atoms with Crippen LogP contribution in [0.2, 0.25) is 10.0 Å². The second-order valence-electron chi connectivity index (χ2n) is 6.72. The minimum absolute atomic E-state index is 0.301. The molecular weight excluding hydrogens is 481 g/mol. The van der Waals surface area contributed by atoms with Crippen LogP contribution in [0, 0.1) is 0 Å². The number of carbonyl (C=O) groups is 1. The Morgan fingerprint density at radius 1 is 1.00 bits per heavy atom. The maximum absolute atomic E-state index is 12.4. The molecule has 33 heavy (non-hydrogen) atoms. The molecule has 6 nitrogen and oxygen atoms in total. The zero-order valence-electron chi connectivity index (χ0n) is 17.3. The Bertz CT molecular complexity index is 1290. The Balaban J connectivity index is 1.41. The van der Waals surface area contributed by atoms with Crippen LogP contribution in [-0.2, 0) is 0 Å². The third kappa shape index (κ3) is 5.90. The van der Waals surface area contributed by atoms with Gasteiger partial charge >= 0.3 is 5.97 Å². The number of thiazole rings is 1. The van der Waals surface area contributed by atoms with E-state index in [0.717, 1.165) is 16.8 Å². The van der Waals surface area contributed by atoms with Crippen LogP contribution in [0.4, 0.5) is 5.13 Å². The fourth-order valence-electron chi connectivity index (χ4n) is 2.83. The van der Waals surface area contributed by atoms with Crippen LogP contribution in [0.25, 0.3) is 11.3 Å². The number of anilines is 1. The van der Waals surface area contributed by atoms with E-state index in [4.69, 9.17) is 32.7 Å². The van der Waals surface area contributed by atoms with Gasteiger partial charge in [0.15, 0.2) is 11.5 Å². The van der Waals surface area contributed by atoms with E-state index in [0.29, 0.717) is 32.2 Å². The quantitative estimate of drug-likeness (QED) is 0.131. The average molecular weight is 498 g/mol. The molecule has 0 aliphatic carbocycles. The number of ether oxygens (including phenoxy) is 2. The van der Waals surface area contributed by atoms with E-state index in [1.165, 1.54) is 18.4 Å². The Morgan fingerprint density at radius 3 is 2.39 bits per heavy atom. The van der Waals surface area contributed by atoms with Gasteiger partial charge in [-0.1, -0.05) is 35.3 Å². The molecule has 0 radical (unpaired) electrons. The highest BCUT2D eigenvalue weighted by molar-refractivity contribution is 7.14. The molecule has 4 aromatic rings. The van der Waals surface area contributed by atoms with E-state index in [9.17, 15) is 4.79 Å². The van der Waals surface area contributed by atoms with Gasteiger partial charge in [-0.3, -0.25) is 5.43 Å². The summed E-state index contributed by atoms with van der Waals surface area (Å²) in [6.45, 7) is 0. The van der Waals surface area contributed by atoms with Gasteiger partial charge in [-0.2, -0.15) is 5.10 Å². The summed E-state index contributed by atoms with van der Waals surface area (Å²) < 4.78 is 10.8. The van der Waals surface area contributed by atoms with E-state index < -0.39 is 5.97 Å². The van der Waals surface area contributed by atoms with Crippen LogP contribution < -0.4 is 14.9 Å². The number of nitrogens with zero attached hydrogens (tertiary/aromatic N) is 2. The molecule has 0 saturated heterocycles. The number of hydrogen-bond acceptors (Lipinski definition) is 7. The van der Waals surface area contributed by atoms with E-state index in [1.54, 1.807) is 48.7 Å². The molecule has 1 N–H and O–H groups in total. The highest BCUT2D eigenvalue weighted by atomic mass is 35.5. The lowest BCUT2D eigenvalue weighted by atomic mass is 10.2. The van der Waals surface area contributed by atoms with Crippen molar-refractivity contribution in [2.75, 3.05) is 12.5 Å². The number of halogens is 2. The Kier molecular flexibility index (Phi) is 7.24. The van der Waals surface area contributed by atoms with Crippen molar-refractivity contribution in [2.45, 2.75) is 0 Å². The molecule has 0 bridgehead atoms. The summed E-state index contributed by atoms with van der Waals surface area (Å²) in [4.78, 5) is 16.9. The second-order valence-corrected chi connectivity index (χ2v) is 8.45. The number of hydrogen-bond donors (Lipinski definition) is 1. The summed E-state index contributed by atoms with van der Waals surface area (Å²) in [5.74, 6) is 0.198. The third-order valence-electron chi connectivity index (χ3n) is 4.49. The van der Waals surface area contributed by atoms with E-state index in [2.05, 4.69) is 15.5 Å². The molecular formula is C24H17Cl2N3O3S. The van der Waals surface area contributed by atoms with Crippen molar-refractivity contribution in [1.29, 1.82) is 0 Å². The summed E-state index contributed by atoms with van der Waals surface area (Å²) in [5.41, 5.74) is 5.87. The van der Waals surface area contributed by atoms with Crippen LogP contribution in [0.1, 0.15) is 15.9 Å².